The van der Waals surface area contributed by atoms with Gasteiger partial charge in [0.2, 0.25) is 0 Å². The molecule has 0 spiro atoms. The molecule has 1 aromatic heterocycles. The lowest BCUT2D eigenvalue weighted by Crippen LogP contribution is -2.40. The summed E-state index contributed by atoms with van der Waals surface area (Å²) >= 11 is 0. The molecule has 1 aliphatic rings. The Morgan fingerprint density at radius 2 is 2.00 bits per heavy atom. The van der Waals surface area contributed by atoms with Gasteiger partial charge in [-0.1, -0.05) is 0 Å². The van der Waals surface area contributed by atoms with Crippen LogP contribution in [0.5, 0.6) is 0 Å². The molecule has 16 heavy (non-hydrogen) atoms. The van der Waals surface area contributed by atoms with E-state index in [2.05, 4.69) is 10.3 Å². The van der Waals surface area contributed by atoms with Crippen LogP contribution in [0, 0.1) is 0 Å². The van der Waals surface area contributed by atoms with Crippen molar-refractivity contribution < 1.29 is 9.59 Å². The Kier molecular flexibility index (Phi) is 2.38. The van der Waals surface area contributed by atoms with Crippen LogP contribution in [0.25, 0.3) is 0 Å². The highest BCUT2D eigenvalue weighted by atomic mass is 16.2. The zero-order valence-corrected chi connectivity index (χ0v) is 9.23. The number of pyridine rings is 1. The Morgan fingerprint density at radius 1 is 1.38 bits per heavy atom. The summed E-state index contributed by atoms with van der Waals surface area (Å²) in [4.78, 5) is 28.8. The van der Waals surface area contributed by atoms with Crippen LogP contribution in [0.3, 0.4) is 0 Å². The standard InChI is InChI=1S/C11H13N3O2/c1-3-14-9(15)11(2,13-10(14)16)8-4-6-12-7-5-8/h4-7H,3H2,1-2H3,(H,13,16)/t11-/m1/s1. The number of hydrogen-bond acceptors (Lipinski definition) is 3. The molecule has 1 N–H and O–H groups in total. The van der Waals surface area contributed by atoms with Crippen molar-refractivity contribution >= 4 is 11.9 Å². The Hall–Kier alpha value is -1.91. The summed E-state index contributed by atoms with van der Waals surface area (Å²) in [5.74, 6) is -0.216. The van der Waals surface area contributed by atoms with Gasteiger partial charge >= 0.3 is 6.03 Å². The van der Waals surface area contributed by atoms with Crippen molar-refractivity contribution in [3.8, 4) is 0 Å². The normalized spacial score (nSPS) is 24.8. The predicted molar refractivity (Wildman–Crippen MR) is 57.5 cm³/mol. The molecule has 5 nitrogen and oxygen atoms in total. The van der Waals surface area contributed by atoms with Crippen LogP contribution in [0.15, 0.2) is 24.5 Å². The fourth-order valence-corrected chi connectivity index (χ4v) is 1.87. The van der Waals surface area contributed by atoms with E-state index in [0.29, 0.717) is 6.54 Å². The third kappa shape index (κ3) is 1.36. The summed E-state index contributed by atoms with van der Waals surface area (Å²) in [7, 11) is 0. The molecule has 1 aliphatic heterocycles. The first kappa shape index (κ1) is 10.6. The summed E-state index contributed by atoms with van der Waals surface area (Å²) in [6.45, 7) is 3.86. The first-order valence-corrected chi connectivity index (χ1v) is 5.14. The third-order valence-electron chi connectivity index (χ3n) is 2.85. The highest BCUT2D eigenvalue weighted by Gasteiger charge is 2.48. The maximum Gasteiger partial charge on any atom is 0.325 e. The largest absolute Gasteiger partial charge is 0.325 e. The third-order valence-corrected chi connectivity index (χ3v) is 2.85. The van der Waals surface area contributed by atoms with Crippen LogP contribution in [0.1, 0.15) is 19.4 Å². The van der Waals surface area contributed by atoms with Crippen LogP contribution >= 0.6 is 0 Å². The summed E-state index contributed by atoms with van der Waals surface area (Å²) in [5, 5.41) is 2.71. The summed E-state index contributed by atoms with van der Waals surface area (Å²) in [6, 6.07) is 3.13. The molecule has 2 heterocycles. The molecule has 5 heteroatoms. The number of carbonyl (C=O) groups is 2. The molecule has 0 bridgehead atoms. The summed E-state index contributed by atoms with van der Waals surface area (Å²) in [5.41, 5.74) is -0.215. The van der Waals surface area contributed by atoms with Crippen LogP contribution in [-0.2, 0) is 10.3 Å². The van der Waals surface area contributed by atoms with Gasteiger partial charge in [0.1, 0.15) is 5.54 Å². The number of amides is 3. The number of likely N-dealkylation sites (N-methyl/N-ethyl adjacent to an activating group) is 1. The van der Waals surface area contributed by atoms with E-state index in [1.54, 1.807) is 38.4 Å². The van der Waals surface area contributed by atoms with Crippen LogP contribution in [-0.4, -0.2) is 28.4 Å². The number of nitrogens with one attached hydrogen (secondary N) is 1. The maximum absolute atomic E-state index is 12.1. The van der Waals surface area contributed by atoms with Gasteiger partial charge in [0.05, 0.1) is 0 Å². The van der Waals surface area contributed by atoms with E-state index in [4.69, 9.17) is 0 Å². The summed E-state index contributed by atoms with van der Waals surface area (Å²) in [6.07, 6.45) is 3.21. The highest BCUT2D eigenvalue weighted by Crippen LogP contribution is 2.27. The molecule has 84 valence electrons. The molecule has 1 fully saturated rings. The number of urea groups is 1. The van der Waals surface area contributed by atoms with Gasteiger partial charge < -0.3 is 5.32 Å². The second-order valence-electron chi connectivity index (χ2n) is 3.84. The Morgan fingerprint density at radius 3 is 2.50 bits per heavy atom. The number of hydrogen-bond donors (Lipinski definition) is 1. The molecule has 1 atom stereocenters. The van der Waals surface area contributed by atoms with Crippen molar-refractivity contribution in [2.45, 2.75) is 19.4 Å². The van der Waals surface area contributed by atoms with Gasteiger partial charge in [0.25, 0.3) is 5.91 Å². The average Bonchev–Trinajstić information content (AvgIpc) is 2.52. The maximum atomic E-state index is 12.1. The molecule has 0 aliphatic carbocycles. The van der Waals surface area contributed by atoms with E-state index < -0.39 is 5.54 Å². The van der Waals surface area contributed by atoms with E-state index in [1.807, 2.05) is 0 Å². The van der Waals surface area contributed by atoms with Gasteiger partial charge in [0, 0.05) is 18.9 Å². The lowest BCUT2D eigenvalue weighted by Gasteiger charge is -2.21. The fraction of sp³-hybridized carbons (Fsp3) is 0.364. The first-order chi connectivity index (χ1) is 7.59. The second-order valence-corrected chi connectivity index (χ2v) is 3.84. The zero-order valence-electron chi connectivity index (χ0n) is 9.23. The molecular weight excluding hydrogens is 206 g/mol. The Balaban J connectivity index is 2.42. The molecule has 3 amide bonds. The van der Waals surface area contributed by atoms with Gasteiger partial charge in [-0.15, -0.1) is 0 Å². The molecule has 1 saturated heterocycles. The molecule has 0 unspecified atom stereocenters. The second kappa shape index (κ2) is 3.59. The quantitative estimate of drug-likeness (QED) is 0.751. The van der Waals surface area contributed by atoms with Crippen molar-refractivity contribution in [3.05, 3.63) is 30.1 Å². The molecule has 2 rings (SSSR count). The molecular formula is C11H13N3O2. The smallest absolute Gasteiger partial charge is 0.319 e. The lowest BCUT2D eigenvalue weighted by molar-refractivity contribution is -0.130. The topological polar surface area (TPSA) is 62.3 Å². The predicted octanol–water partition coefficient (Wildman–Crippen LogP) is 0.868. The average molecular weight is 219 g/mol. The number of imide groups is 1. The SMILES string of the molecule is CCN1C(=O)N[C@](C)(c2ccncc2)C1=O. The van der Waals surface area contributed by atoms with Gasteiger partial charge in [0.15, 0.2) is 0 Å². The van der Waals surface area contributed by atoms with E-state index in [0.717, 1.165) is 5.56 Å². The number of carbonyl (C=O) groups excluding carboxylic acids is 2. The Bertz CT molecular complexity index is 432. The van der Waals surface area contributed by atoms with E-state index >= 15 is 0 Å². The lowest BCUT2D eigenvalue weighted by atomic mass is 9.93. The minimum Gasteiger partial charge on any atom is -0.319 e. The van der Waals surface area contributed by atoms with Gasteiger partial charge in [-0.2, -0.15) is 0 Å². The van der Waals surface area contributed by atoms with Crippen molar-refractivity contribution in [1.29, 1.82) is 0 Å². The Labute approximate surface area is 93.5 Å². The van der Waals surface area contributed by atoms with Crippen molar-refractivity contribution in [3.63, 3.8) is 0 Å². The van der Waals surface area contributed by atoms with Crippen molar-refractivity contribution in [2.24, 2.45) is 0 Å². The minimum atomic E-state index is -0.962. The van der Waals surface area contributed by atoms with Gasteiger partial charge in [-0.25, -0.2) is 4.79 Å². The molecule has 0 aromatic carbocycles. The van der Waals surface area contributed by atoms with Gasteiger partial charge in [-0.3, -0.25) is 14.7 Å². The summed E-state index contributed by atoms with van der Waals surface area (Å²) < 4.78 is 0. The molecule has 1 aromatic rings. The number of rotatable bonds is 2. The monoisotopic (exact) mass is 219 g/mol. The zero-order chi connectivity index (χ0) is 11.8. The number of aromatic nitrogens is 1. The van der Waals surface area contributed by atoms with E-state index in [9.17, 15) is 9.59 Å². The molecule has 0 radical (unpaired) electrons. The van der Waals surface area contributed by atoms with Crippen molar-refractivity contribution in [1.82, 2.24) is 15.2 Å². The first-order valence-electron chi connectivity index (χ1n) is 5.14. The van der Waals surface area contributed by atoms with Crippen LogP contribution in [0.2, 0.25) is 0 Å². The molecule has 0 saturated carbocycles. The van der Waals surface area contributed by atoms with E-state index in [-0.39, 0.29) is 11.9 Å². The van der Waals surface area contributed by atoms with E-state index in [1.165, 1.54) is 4.90 Å². The van der Waals surface area contributed by atoms with Crippen LogP contribution < -0.4 is 5.32 Å². The number of nitrogens with zero attached hydrogens (tertiary/aromatic N) is 2. The fourth-order valence-electron chi connectivity index (χ4n) is 1.87. The van der Waals surface area contributed by atoms with Crippen molar-refractivity contribution in [2.75, 3.05) is 6.54 Å². The minimum absolute atomic E-state index is 0.216. The highest BCUT2D eigenvalue weighted by molar-refractivity contribution is 6.07. The van der Waals surface area contributed by atoms with Gasteiger partial charge in [-0.05, 0) is 31.5 Å². The van der Waals surface area contributed by atoms with Crippen LogP contribution in [0.4, 0.5) is 4.79 Å².